The Hall–Kier alpha value is -1.46. The SMILES string of the molecule is CCC(Nc1nc2c(C)cccc2s1)c1nccs1. The number of aromatic nitrogens is 2. The summed E-state index contributed by atoms with van der Waals surface area (Å²) in [5, 5.41) is 7.62. The van der Waals surface area contributed by atoms with Crippen molar-refractivity contribution in [3.8, 4) is 0 Å². The number of fused-ring (bicyclic) bond motifs is 1. The van der Waals surface area contributed by atoms with E-state index in [1.165, 1.54) is 10.3 Å². The van der Waals surface area contributed by atoms with Crippen molar-refractivity contribution >= 4 is 38.0 Å². The van der Waals surface area contributed by atoms with Gasteiger partial charge >= 0.3 is 0 Å². The van der Waals surface area contributed by atoms with Crippen LogP contribution in [0.25, 0.3) is 10.2 Å². The van der Waals surface area contributed by atoms with Crippen LogP contribution in [0.1, 0.15) is 30.0 Å². The normalized spacial score (nSPS) is 12.7. The van der Waals surface area contributed by atoms with E-state index in [1.54, 1.807) is 22.7 Å². The third-order valence-electron chi connectivity index (χ3n) is 3.08. The quantitative estimate of drug-likeness (QED) is 0.761. The fraction of sp³-hybridized carbons (Fsp3) is 0.286. The van der Waals surface area contributed by atoms with Gasteiger partial charge in [-0.15, -0.1) is 11.3 Å². The number of nitrogens with zero attached hydrogens (tertiary/aromatic N) is 2. The van der Waals surface area contributed by atoms with E-state index in [0.29, 0.717) is 0 Å². The van der Waals surface area contributed by atoms with Crippen molar-refractivity contribution in [3.05, 3.63) is 40.3 Å². The second-order valence-corrected chi connectivity index (χ2v) is 6.37. The molecule has 2 aromatic heterocycles. The Morgan fingerprint density at radius 1 is 1.37 bits per heavy atom. The molecule has 98 valence electrons. The number of para-hydroxylation sites is 1. The summed E-state index contributed by atoms with van der Waals surface area (Å²) in [6.07, 6.45) is 2.86. The summed E-state index contributed by atoms with van der Waals surface area (Å²) in [6, 6.07) is 6.55. The molecule has 5 heteroatoms. The lowest BCUT2D eigenvalue weighted by Crippen LogP contribution is -2.08. The van der Waals surface area contributed by atoms with Crippen molar-refractivity contribution in [1.29, 1.82) is 0 Å². The van der Waals surface area contributed by atoms with Gasteiger partial charge in [0.15, 0.2) is 5.13 Å². The Kier molecular flexibility index (Phi) is 3.48. The summed E-state index contributed by atoms with van der Waals surface area (Å²) in [5.74, 6) is 0. The number of aryl methyl sites for hydroxylation is 1. The van der Waals surface area contributed by atoms with E-state index < -0.39 is 0 Å². The third kappa shape index (κ3) is 2.48. The molecule has 0 aliphatic carbocycles. The van der Waals surface area contributed by atoms with Gasteiger partial charge < -0.3 is 5.32 Å². The first-order valence-corrected chi connectivity index (χ1v) is 7.99. The molecule has 0 bridgehead atoms. The van der Waals surface area contributed by atoms with E-state index in [1.807, 2.05) is 11.6 Å². The van der Waals surface area contributed by atoms with Gasteiger partial charge in [-0.1, -0.05) is 30.4 Å². The summed E-state index contributed by atoms with van der Waals surface area (Å²) in [5.41, 5.74) is 2.33. The summed E-state index contributed by atoms with van der Waals surface area (Å²) >= 11 is 3.40. The summed E-state index contributed by atoms with van der Waals surface area (Å²) in [6.45, 7) is 4.27. The summed E-state index contributed by atoms with van der Waals surface area (Å²) in [4.78, 5) is 9.08. The highest BCUT2D eigenvalue weighted by atomic mass is 32.1. The molecule has 0 fully saturated rings. The monoisotopic (exact) mass is 289 g/mol. The van der Waals surface area contributed by atoms with Crippen LogP contribution in [0.2, 0.25) is 0 Å². The zero-order valence-corrected chi connectivity index (χ0v) is 12.5. The van der Waals surface area contributed by atoms with Crippen LogP contribution in [0.15, 0.2) is 29.8 Å². The Balaban J connectivity index is 1.90. The molecule has 2 heterocycles. The van der Waals surface area contributed by atoms with Crippen LogP contribution in [0, 0.1) is 6.92 Å². The van der Waals surface area contributed by atoms with Gasteiger partial charge in [0.05, 0.1) is 16.3 Å². The molecule has 1 N–H and O–H groups in total. The number of thiazole rings is 2. The highest BCUT2D eigenvalue weighted by Crippen LogP contribution is 2.31. The second-order valence-electron chi connectivity index (χ2n) is 4.42. The maximum atomic E-state index is 4.69. The van der Waals surface area contributed by atoms with E-state index in [0.717, 1.165) is 22.1 Å². The van der Waals surface area contributed by atoms with E-state index in [4.69, 9.17) is 4.98 Å². The van der Waals surface area contributed by atoms with Gasteiger partial charge in [0.2, 0.25) is 0 Å². The van der Waals surface area contributed by atoms with Gasteiger partial charge in [-0.3, -0.25) is 0 Å². The van der Waals surface area contributed by atoms with Crippen LogP contribution < -0.4 is 5.32 Å². The number of hydrogen-bond donors (Lipinski definition) is 1. The van der Waals surface area contributed by atoms with Gasteiger partial charge in [0, 0.05) is 11.6 Å². The number of rotatable bonds is 4. The van der Waals surface area contributed by atoms with Crippen LogP contribution >= 0.6 is 22.7 Å². The molecule has 3 rings (SSSR count). The molecule has 1 unspecified atom stereocenters. The standard InChI is InChI=1S/C14H15N3S2/c1-3-10(13-15-7-8-18-13)16-14-17-12-9(2)5-4-6-11(12)19-14/h4-8,10H,3H2,1-2H3,(H,16,17). The number of anilines is 1. The van der Waals surface area contributed by atoms with Crippen LogP contribution in [-0.4, -0.2) is 9.97 Å². The van der Waals surface area contributed by atoms with Crippen molar-refractivity contribution in [2.24, 2.45) is 0 Å². The van der Waals surface area contributed by atoms with E-state index in [-0.39, 0.29) is 6.04 Å². The fourth-order valence-electron chi connectivity index (χ4n) is 2.04. The minimum atomic E-state index is 0.251. The molecule has 19 heavy (non-hydrogen) atoms. The molecule has 0 radical (unpaired) electrons. The first kappa shape index (κ1) is 12.6. The molecular weight excluding hydrogens is 274 g/mol. The molecule has 0 aliphatic rings. The lowest BCUT2D eigenvalue weighted by atomic mass is 10.2. The van der Waals surface area contributed by atoms with Gasteiger partial charge in [0.25, 0.3) is 0 Å². The summed E-state index contributed by atoms with van der Waals surface area (Å²) in [7, 11) is 0. The zero-order valence-electron chi connectivity index (χ0n) is 10.9. The van der Waals surface area contributed by atoms with Gasteiger partial charge in [-0.2, -0.15) is 0 Å². The molecule has 1 atom stereocenters. The molecule has 1 aromatic carbocycles. The smallest absolute Gasteiger partial charge is 0.184 e. The highest BCUT2D eigenvalue weighted by Gasteiger charge is 2.14. The molecule has 0 saturated heterocycles. The molecule has 0 saturated carbocycles. The Morgan fingerprint density at radius 2 is 2.26 bits per heavy atom. The topological polar surface area (TPSA) is 37.8 Å². The predicted molar refractivity (Wildman–Crippen MR) is 83.1 cm³/mol. The van der Waals surface area contributed by atoms with Gasteiger partial charge in [-0.05, 0) is 25.0 Å². The highest BCUT2D eigenvalue weighted by molar-refractivity contribution is 7.22. The van der Waals surface area contributed by atoms with E-state index in [9.17, 15) is 0 Å². The number of benzene rings is 1. The van der Waals surface area contributed by atoms with Crippen molar-refractivity contribution in [2.75, 3.05) is 5.32 Å². The minimum absolute atomic E-state index is 0.251. The van der Waals surface area contributed by atoms with Crippen LogP contribution in [0.4, 0.5) is 5.13 Å². The Morgan fingerprint density at radius 3 is 2.95 bits per heavy atom. The maximum Gasteiger partial charge on any atom is 0.184 e. The lowest BCUT2D eigenvalue weighted by molar-refractivity contribution is 0.741. The van der Waals surface area contributed by atoms with Crippen molar-refractivity contribution in [1.82, 2.24) is 9.97 Å². The molecule has 3 aromatic rings. The van der Waals surface area contributed by atoms with Crippen LogP contribution in [0.3, 0.4) is 0 Å². The zero-order chi connectivity index (χ0) is 13.2. The number of hydrogen-bond acceptors (Lipinski definition) is 5. The Labute approximate surface area is 120 Å². The van der Waals surface area contributed by atoms with Crippen molar-refractivity contribution in [3.63, 3.8) is 0 Å². The average molecular weight is 289 g/mol. The third-order valence-corrected chi connectivity index (χ3v) is 4.92. The van der Waals surface area contributed by atoms with Crippen molar-refractivity contribution < 1.29 is 0 Å². The van der Waals surface area contributed by atoms with Crippen LogP contribution in [-0.2, 0) is 0 Å². The fourth-order valence-corrected chi connectivity index (χ4v) is 3.81. The maximum absolute atomic E-state index is 4.69. The molecule has 0 aliphatic heterocycles. The number of nitrogens with one attached hydrogen (secondary N) is 1. The average Bonchev–Trinajstić information content (AvgIpc) is 3.05. The van der Waals surface area contributed by atoms with Gasteiger partial charge in [-0.25, -0.2) is 9.97 Å². The van der Waals surface area contributed by atoms with E-state index >= 15 is 0 Å². The van der Waals surface area contributed by atoms with Gasteiger partial charge in [0.1, 0.15) is 5.01 Å². The predicted octanol–water partition coefficient (Wildman–Crippen LogP) is 4.62. The van der Waals surface area contributed by atoms with Crippen LogP contribution in [0.5, 0.6) is 0 Å². The van der Waals surface area contributed by atoms with Crippen molar-refractivity contribution in [2.45, 2.75) is 26.3 Å². The molecule has 0 amide bonds. The lowest BCUT2D eigenvalue weighted by Gasteiger charge is -2.12. The second kappa shape index (κ2) is 5.27. The molecular formula is C14H15N3S2. The van der Waals surface area contributed by atoms with E-state index in [2.05, 4.69) is 42.3 Å². The summed E-state index contributed by atoms with van der Waals surface area (Å²) < 4.78 is 1.23. The Bertz CT molecular complexity index is 673. The minimum Gasteiger partial charge on any atom is -0.352 e. The first-order chi connectivity index (χ1) is 9.28. The largest absolute Gasteiger partial charge is 0.352 e. The molecule has 3 nitrogen and oxygen atoms in total. The molecule has 0 spiro atoms. The first-order valence-electron chi connectivity index (χ1n) is 6.30.